The van der Waals surface area contributed by atoms with Crippen LogP contribution in [0.3, 0.4) is 0 Å². The van der Waals surface area contributed by atoms with Gasteiger partial charge in [0.25, 0.3) is 5.91 Å². The summed E-state index contributed by atoms with van der Waals surface area (Å²) in [6.45, 7) is 7.46. The Morgan fingerprint density at radius 3 is 2.53 bits per heavy atom. The lowest BCUT2D eigenvalue weighted by molar-refractivity contribution is -0.138. The van der Waals surface area contributed by atoms with Gasteiger partial charge in [-0.05, 0) is 39.2 Å². The summed E-state index contributed by atoms with van der Waals surface area (Å²) in [6, 6.07) is 9.28. The molecule has 2 aromatic rings. The predicted octanol–water partition coefficient (Wildman–Crippen LogP) is 2.52. The molecule has 0 aliphatic carbocycles. The van der Waals surface area contributed by atoms with Crippen LogP contribution in [0.2, 0.25) is 0 Å². The molecule has 32 heavy (non-hydrogen) atoms. The maximum Gasteiger partial charge on any atom is 0.342 e. The summed E-state index contributed by atoms with van der Waals surface area (Å²) in [7, 11) is -3.14. The fourth-order valence-corrected chi connectivity index (χ4v) is 5.89. The highest BCUT2D eigenvalue weighted by Crippen LogP contribution is 2.22. The van der Waals surface area contributed by atoms with E-state index in [1.165, 1.54) is 0 Å². The van der Waals surface area contributed by atoms with Crippen LogP contribution >= 0.6 is 0 Å². The molecule has 0 bridgehead atoms. The van der Waals surface area contributed by atoms with Crippen LogP contribution < -0.4 is 0 Å². The van der Waals surface area contributed by atoms with Gasteiger partial charge >= 0.3 is 5.97 Å². The molecule has 174 valence electrons. The Morgan fingerprint density at radius 1 is 1.25 bits per heavy atom. The second-order valence-corrected chi connectivity index (χ2v) is 10.6. The van der Waals surface area contributed by atoms with Crippen molar-refractivity contribution in [2.75, 3.05) is 18.1 Å². The van der Waals surface area contributed by atoms with Crippen molar-refractivity contribution in [2.45, 2.75) is 59.2 Å². The number of carbonyl (C=O) groups is 2. The van der Waals surface area contributed by atoms with E-state index in [-0.39, 0.29) is 29.5 Å². The van der Waals surface area contributed by atoms with Gasteiger partial charge in [-0.1, -0.05) is 37.3 Å². The van der Waals surface area contributed by atoms with E-state index in [2.05, 4.69) is 5.10 Å². The first-order valence-electron chi connectivity index (χ1n) is 10.9. The first-order chi connectivity index (χ1) is 15.1. The van der Waals surface area contributed by atoms with Crippen molar-refractivity contribution in [3.05, 3.63) is 52.8 Å². The van der Waals surface area contributed by atoms with Gasteiger partial charge in [0.2, 0.25) is 0 Å². The topological polar surface area (TPSA) is 98.6 Å². The molecule has 3 rings (SSSR count). The lowest BCUT2D eigenvalue weighted by Gasteiger charge is -2.33. The molecule has 1 aliphatic rings. The van der Waals surface area contributed by atoms with Gasteiger partial charge in [0.15, 0.2) is 16.4 Å². The van der Waals surface area contributed by atoms with Gasteiger partial charge in [-0.3, -0.25) is 9.48 Å². The maximum absolute atomic E-state index is 12.9. The molecule has 1 aliphatic heterocycles. The van der Waals surface area contributed by atoms with Crippen LogP contribution in [-0.4, -0.2) is 65.2 Å². The van der Waals surface area contributed by atoms with E-state index in [0.29, 0.717) is 36.3 Å². The van der Waals surface area contributed by atoms with E-state index < -0.39 is 22.4 Å². The number of aryl methyl sites for hydroxylation is 1. The summed E-state index contributed by atoms with van der Waals surface area (Å²) in [5.74, 6) is -0.935. The Balaban J connectivity index is 1.69. The summed E-state index contributed by atoms with van der Waals surface area (Å²) in [6.07, 6.45) is 1.09. The third kappa shape index (κ3) is 5.38. The molecule has 0 unspecified atom stereocenters. The van der Waals surface area contributed by atoms with Gasteiger partial charge in [0.1, 0.15) is 5.56 Å². The van der Waals surface area contributed by atoms with Crippen molar-refractivity contribution in [3.8, 4) is 0 Å². The van der Waals surface area contributed by atoms with Gasteiger partial charge in [-0.2, -0.15) is 5.10 Å². The summed E-state index contributed by atoms with van der Waals surface area (Å²) >= 11 is 0. The normalized spacial score (nSPS) is 18.3. The van der Waals surface area contributed by atoms with E-state index in [1.807, 2.05) is 44.2 Å². The van der Waals surface area contributed by atoms with E-state index in [9.17, 15) is 18.0 Å². The third-order valence-electron chi connectivity index (χ3n) is 6.04. The van der Waals surface area contributed by atoms with E-state index in [0.717, 1.165) is 5.56 Å². The average Bonchev–Trinajstić information content (AvgIpc) is 3.24. The molecule has 9 heteroatoms. The summed E-state index contributed by atoms with van der Waals surface area (Å²) in [5.41, 5.74) is 2.62. The van der Waals surface area contributed by atoms with Crippen LogP contribution in [0, 0.1) is 13.8 Å². The molecule has 1 amide bonds. The molecule has 0 spiro atoms. The van der Waals surface area contributed by atoms with Crippen molar-refractivity contribution in [2.24, 2.45) is 0 Å². The van der Waals surface area contributed by atoms with Crippen molar-refractivity contribution < 1.29 is 22.7 Å². The molecule has 0 saturated carbocycles. The first kappa shape index (κ1) is 24.0. The maximum atomic E-state index is 12.9. The zero-order valence-electron chi connectivity index (χ0n) is 19.1. The highest BCUT2D eigenvalue weighted by atomic mass is 32.2. The smallest absolute Gasteiger partial charge is 0.342 e. The monoisotopic (exact) mass is 461 g/mol. The molecule has 1 fully saturated rings. The molecule has 2 atom stereocenters. The van der Waals surface area contributed by atoms with Gasteiger partial charge in [0, 0.05) is 12.1 Å². The number of hydrogen-bond donors (Lipinski definition) is 0. The van der Waals surface area contributed by atoms with E-state index in [4.69, 9.17) is 4.74 Å². The average molecular weight is 462 g/mol. The Labute approximate surface area is 189 Å². The summed E-state index contributed by atoms with van der Waals surface area (Å²) in [5, 5.41) is 4.46. The summed E-state index contributed by atoms with van der Waals surface area (Å²) in [4.78, 5) is 27.3. The first-order valence-corrected chi connectivity index (χ1v) is 12.7. The SMILES string of the molecule is CC[C@@H](C)N(C(=O)COC(=O)c1c(C)nn(Cc2ccccc2)c1C)[C@H]1CCS(=O)(=O)C1. The molecule has 8 nitrogen and oxygen atoms in total. The summed E-state index contributed by atoms with van der Waals surface area (Å²) < 4.78 is 30.9. The number of aromatic nitrogens is 2. The third-order valence-corrected chi connectivity index (χ3v) is 7.79. The molecule has 1 aromatic carbocycles. The molecular weight excluding hydrogens is 430 g/mol. The molecule has 1 aromatic heterocycles. The number of rotatable bonds is 8. The van der Waals surface area contributed by atoms with E-state index >= 15 is 0 Å². The van der Waals surface area contributed by atoms with Crippen LogP contribution in [-0.2, 0) is 25.9 Å². The fraction of sp³-hybridized carbons (Fsp3) is 0.522. The Hall–Kier alpha value is -2.68. The quantitative estimate of drug-likeness (QED) is 0.560. The van der Waals surface area contributed by atoms with Gasteiger partial charge in [-0.25, -0.2) is 13.2 Å². The van der Waals surface area contributed by atoms with Crippen molar-refractivity contribution in [1.29, 1.82) is 0 Å². The standard InChI is InChI=1S/C23H31N3O5S/c1-5-16(2)26(20-11-12-32(29,30)15-20)21(27)14-31-23(28)22-17(3)24-25(18(22)4)13-19-9-7-6-8-10-19/h6-10,16,20H,5,11-15H2,1-4H3/t16-,20+/m1/s1. The zero-order valence-corrected chi connectivity index (χ0v) is 19.9. The number of hydrogen-bond acceptors (Lipinski definition) is 6. The number of ether oxygens (including phenoxy) is 1. The molecule has 0 radical (unpaired) electrons. The highest BCUT2D eigenvalue weighted by Gasteiger charge is 2.37. The minimum atomic E-state index is -3.14. The molecular formula is C23H31N3O5S. The second kappa shape index (κ2) is 9.85. The molecule has 2 heterocycles. The molecule has 1 saturated heterocycles. The van der Waals surface area contributed by atoms with Gasteiger partial charge in [0.05, 0.1) is 29.4 Å². The second-order valence-electron chi connectivity index (χ2n) is 8.38. The Bertz CT molecular complexity index is 1080. The molecule has 0 N–H and O–H groups in total. The van der Waals surface area contributed by atoms with Gasteiger partial charge < -0.3 is 9.64 Å². The largest absolute Gasteiger partial charge is 0.452 e. The van der Waals surface area contributed by atoms with Crippen molar-refractivity contribution in [1.82, 2.24) is 14.7 Å². The minimum absolute atomic E-state index is 0.0402. The zero-order chi connectivity index (χ0) is 23.5. The van der Waals surface area contributed by atoms with Crippen LogP contribution in [0.25, 0.3) is 0 Å². The lowest BCUT2D eigenvalue weighted by Crippen LogP contribution is -2.48. The van der Waals surface area contributed by atoms with Crippen molar-refractivity contribution >= 4 is 21.7 Å². The van der Waals surface area contributed by atoms with Crippen LogP contribution in [0.1, 0.15) is 54.0 Å². The number of amides is 1. The lowest BCUT2D eigenvalue weighted by atomic mass is 10.1. The van der Waals surface area contributed by atoms with Gasteiger partial charge in [-0.15, -0.1) is 0 Å². The van der Waals surface area contributed by atoms with Crippen LogP contribution in [0.5, 0.6) is 0 Å². The number of esters is 1. The number of sulfone groups is 1. The Morgan fingerprint density at radius 2 is 1.94 bits per heavy atom. The Kier molecular flexibility index (Phi) is 7.38. The predicted molar refractivity (Wildman–Crippen MR) is 121 cm³/mol. The van der Waals surface area contributed by atoms with E-state index in [1.54, 1.807) is 23.4 Å². The number of carbonyl (C=O) groups excluding carboxylic acids is 2. The minimum Gasteiger partial charge on any atom is -0.452 e. The van der Waals surface area contributed by atoms with Crippen molar-refractivity contribution in [3.63, 3.8) is 0 Å². The number of nitrogens with zero attached hydrogens (tertiary/aromatic N) is 3. The highest BCUT2D eigenvalue weighted by molar-refractivity contribution is 7.91. The fourth-order valence-electron chi connectivity index (χ4n) is 4.18. The van der Waals surface area contributed by atoms with Crippen LogP contribution in [0.15, 0.2) is 30.3 Å². The number of benzene rings is 1. The van der Waals surface area contributed by atoms with Crippen LogP contribution in [0.4, 0.5) is 0 Å².